The topological polar surface area (TPSA) is 80.3 Å². The molecule has 0 fully saturated rings. The van der Waals surface area contributed by atoms with Crippen molar-refractivity contribution >= 4 is 23.2 Å². The van der Waals surface area contributed by atoms with E-state index in [-0.39, 0.29) is 11.8 Å². The largest absolute Gasteiger partial charge is 0.497 e. The zero-order chi connectivity index (χ0) is 18.4. The maximum Gasteiger partial charge on any atom is 0.257 e. The lowest BCUT2D eigenvalue weighted by Crippen LogP contribution is -2.14. The second-order valence-corrected chi connectivity index (χ2v) is 5.46. The third kappa shape index (κ3) is 4.24. The molecule has 6 heteroatoms. The van der Waals surface area contributed by atoms with Crippen molar-refractivity contribution in [2.75, 3.05) is 17.7 Å². The van der Waals surface area contributed by atoms with E-state index in [1.165, 1.54) is 6.20 Å². The van der Waals surface area contributed by atoms with Gasteiger partial charge in [-0.15, -0.1) is 0 Å². The molecule has 3 rings (SSSR count). The highest BCUT2D eigenvalue weighted by Gasteiger charge is 2.10. The first-order chi connectivity index (χ1) is 12.7. The Kier molecular flexibility index (Phi) is 5.24. The number of hydrogen-bond donors (Lipinski definition) is 2. The Hall–Kier alpha value is -3.67. The molecule has 6 nitrogen and oxygen atoms in total. The molecule has 2 aromatic carbocycles. The number of methoxy groups -OCH3 is 1. The van der Waals surface area contributed by atoms with Crippen LogP contribution in [0.25, 0.3) is 0 Å². The molecule has 2 amide bonds. The number of ether oxygens (including phenoxy) is 1. The molecule has 0 bridgehead atoms. The highest BCUT2D eigenvalue weighted by Crippen LogP contribution is 2.17. The quantitative estimate of drug-likeness (QED) is 0.739. The molecule has 0 radical (unpaired) electrons. The summed E-state index contributed by atoms with van der Waals surface area (Å²) >= 11 is 0. The van der Waals surface area contributed by atoms with Crippen LogP contribution < -0.4 is 15.4 Å². The minimum absolute atomic E-state index is 0.271. The van der Waals surface area contributed by atoms with Crippen molar-refractivity contribution in [2.45, 2.75) is 0 Å². The van der Waals surface area contributed by atoms with Crippen LogP contribution in [0.4, 0.5) is 11.4 Å². The molecule has 1 heterocycles. The molecule has 0 aliphatic rings. The molecule has 0 spiro atoms. The fourth-order valence-electron chi connectivity index (χ4n) is 2.32. The third-order valence-electron chi connectivity index (χ3n) is 3.65. The van der Waals surface area contributed by atoms with Crippen LogP contribution in [-0.4, -0.2) is 23.9 Å². The normalized spacial score (nSPS) is 10.0. The number of carbonyl (C=O) groups excluding carboxylic acids is 2. The zero-order valence-corrected chi connectivity index (χ0v) is 14.1. The highest BCUT2D eigenvalue weighted by molar-refractivity contribution is 6.07. The van der Waals surface area contributed by atoms with Crippen LogP contribution in [0.3, 0.4) is 0 Å². The average molecular weight is 347 g/mol. The molecule has 1 aromatic heterocycles. The summed E-state index contributed by atoms with van der Waals surface area (Å²) in [5, 5.41) is 5.56. The van der Waals surface area contributed by atoms with Gasteiger partial charge < -0.3 is 15.4 Å². The second-order valence-electron chi connectivity index (χ2n) is 5.46. The van der Waals surface area contributed by atoms with Crippen molar-refractivity contribution in [3.8, 4) is 5.75 Å². The van der Waals surface area contributed by atoms with Gasteiger partial charge >= 0.3 is 0 Å². The van der Waals surface area contributed by atoms with Crippen LogP contribution in [0.5, 0.6) is 5.75 Å². The lowest BCUT2D eigenvalue weighted by Gasteiger charge is -2.09. The molecule has 26 heavy (non-hydrogen) atoms. The van der Waals surface area contributed by atoms with Gasteiger partial charge in [0.15, 0.2) is 0 Å². The number of anilines is 2. The summed E-state index contributed by atoms with van der Waals surface area (Å²) in [6, 6.07) is 17.1. The SMILES string of the molecule is COc1ccc(NC(=O)c2cccc(NC(=O)c3cccnc3)c2)cc1. The Morgan fingerprint density at radius 3 is 2.23 bits per heavy atom. The molecular weight excluding hydrogens is 330 g/mol. The van der Waals surface area contributed by atoms with E-state index in [2.05, 4.69) is 15.6 Å². The first-order valence-corrected chi connectivity index (χ1v) is 7.92. The van der Waals surface area contributed by atoms with Crippen LogP contribution in [-0.2, 0) is 0 Å². The summed E-state index contributed by atoms with van der Waals surface area (Å²) in [7, 11) is 1.58. The van der Waals surface area contributed by atoms with Gasteiger partial charge in [0.2, 0.25) is 0 Å². The van der Waals surface area contributed by atoms with Crippen molar-refractivity contribution in [1.29, 1.82) is 0 Å². The van der Waals surface area contributed by atoms with E-state index in [1.807, 2.05) is 0 Å². The summed E-state index contributed by atoms with van der Waals surface area (Å²) in [6.07, 6.45) is 3.08. The number of aromatic nitrogens is 1. The summed E-state index contributed by atoms with van der Waals surface area (Å²) in [5.41, 5.74) is 2.06. The fourth-order valence-corrected chi connectivity index (χ4v) is 2.32. The van der Waals surface area contributed by atoms with Gasteiger partial charge in [0.05, 0.1) is 12.7 Å². The first kappa shape index (κ1) is 17.2. The van der Waals surface area contributed by atoms with E-state index < -0.39 is 0 Å². The Balaban J connectivity index is 1.69. The van der Waals surface area contributed by atoms with Crippen LogP contribution in [0.15, 0.2) is 73.1 Å². The van der Waals surface area contributed by atoms with Gasteiger partial charge in [-0.3, -0.25) is 14.6 Å². The standard InChI is InChI=1S/C20H17N3O3/c1-26-18-9-7-16(8-10-18)22-19(24)14-4-2-6-17(12-14)23-20(25)15-5-3-11-21-13-15/h2-13H,1H3,(H,22,24)(H,23,25). The molecule has 0 atom stereocenters. The molecule has 0 aliphatic heterocycles. The van der Waals surface area contributed by atoms with Gasteiger partial charge in [-0.25, -0.2) is 0 Å². The monoisotopic (exact) mass is 347 g/mol. The van der Waals surface area contributed by atoms with Gasteiger partial charge in [0, 0.05) is 29.3 Å². The van der Waals surface area contributed by atoms with Crippen molar-refractivity contribution < 1.29 is 14.3 Å². The Bertz CT molecular complexity index is 909. The van der Waals surface area contributed by atoms with E-state index in [9.17, 15) is 9.59 Å². The van der Waals surface area contributed by atoms with Crippen LogP contribution in [0.2, 0.25) is 0 Å². The molecular formula is C20H17N3O3. The van der Waals surface area contributed by atoms with Gasteiger partial charge in [-0.1, -0.05) is 6.07 Å². The molecule has 3 aromatic rings. The molecule has 2 N–H and O–H groups in total. The van der Waals surface area contributed by atoms with E-state index in [0.29, 0.717) is 28.3 Å². The molecule has 0 unspecified atom stereocenters. The molecule has 130 valence electrons. The van der Waals surface area contributed by atoms with E-state index in [4.69, 9.17) is 4.74 Å². The second kappa shape index (κ2) is 7.94. The predicted molar refractivity (Wildman–Crippen MR) is 99.6 cm³/mol. The third-order valence-corrected chi connectivity index (χ3v) is 3.65. The zero-order valence-electron chi connectivity index (χ0n) is 14.1. The van der Waals surface area contributed by atoms with E-state index in [0.717, 1.165) is 0 Å². The number of carbonyl (C=O) groups is 2. The van der Waals surface area contributed by atoms with Crippen molar-refractivity contribution in [3.63, 3.8) is 0 Å². The Labute approximate surface area is 150 Å². The minimum Gasteiger partial charge on any atom is -0.497 e. The highest BCUT2D eigenvalue weighted by atomic mass is 16.5. The number of rotatable bonds is 5. The van der Waals surface area contributed by atoms with E-state index in [1.54, 1.807) is 74.0 Å². The summed E-state index contributed by atoms with van der Waals surface area (Å²) in [5.74, 6) is 0.154. The predicted octanol–water partition coefficient (Wildman–Crippen LogP) is 3.59. The Morgan fingerprint density at radius 1 is 0.846 bits per heavy atom. The van der Waals surface area contributed by atoms with Gasteiger partial charge in [-0.05, 0) is 54.6 Å². The van der Waals surface area contributed by atoms with Crippen molar-refractivity contribution in [1.82, 2.24) is 4.98 Å². The maximum atomic E-state index is 12.4. The molecule has 0 aliphatic carbocycles. The summed E-state index contributed by atoms with van der Waals surface area (Å²) in [4.78, 5) is 28.5. The lowest BCUT2D eigenvalue weighted by molar-refractivity contribution is 0.101. The lowest BCUT2D eigenvalue weighted by atomic mass is 10.1. The number of nitrogens with zero attached hydrogens (tertiary/aromatic N) is 1. The van der Waals surface area contributed by atoms with Crippen molar-refractivity contribution in [3.05, 3.63) is 84.2 Å². The van der Waals surface area contributed by atoms with Crippen LogP contribution in [0.1, 0.15) is 20.7 Å². The number of benzene rings is 2. The van der Waals surface area contributed by atoms with Crippen LogP contribution >= 0.6 is 0 Å². The Morgan fingerprint density at radius 2 is 1.54 bits per heavy atom. The van der Waals surface area contributed by atoms with Crippen LogP contribution in [0, 0.1) is 0 Å². The number of pyridine rings is 1. The average Bonchev–Trinajstić information content (AvgIpc) is 2.69. The number of hydrogen-bond acceptors (Lipinski definition) is 4. The number of nitrogens with one attached hydrogen (secondary N) is 2. The van der Waals surface area contributed by atoms with Gasteiger partial charge in [0.1, 0.15) is 5.75 Å². The summed E-state index contributed by atoms with van der Waals surface area (Å²) < 4.78 is 5.09. The summed E-state index contributed by atoms with van der Waals surface area (Å²) in [6.45, 7) is 0. The van der Waals surface area contributed by atoms with Gasteiger partial charge in [-0.2, -0.15) is 0 Å². The minimum atomic E-state index is -0.286. The molecule has 0 saturated heterocycles. The fraction of sp³-hybridized carbons (Fsp3) is 0.0500. The number of amides is 2. The van der Waals surface area contributed by atoms with E-state index >= 15 is 0 Å². The first-order valence-electron chi connectivity index (χ1n) is 7.92. The van der Waals surface area contributed by atoms with Crippen molar-refractivity contribution in [2.24, 2.45) is 0 Å². The smallest absolute Gasteiger partial charge is 0.257 e. The molecule has 0 saturated carbocycles. The van der Waals surface area contributed by atoms with Gasteiger partial charge in [0.25, 0.3) is 11.8 Å². The maximum absolute atomic E-state index is 12.4.